The van der Waals surface area contributed by atoms with Crippen molar-refractivity contribution in [3.05, 3.63) is 29.6 Å². The largest absolute Gasteiger partial charge is 0.325 e. The molecule has 0 spiro atoms. The normalized spacial score (nSPS) is 17.6. The van der Waals surface area contributed by atoms with Crippen LogP contribution in [-0.2, 0) is 21.4 Å². The molecule has 0 bridgehead atoms. The fourth-order valence-electron chi connectivity index (χ4n) is 3.87. The van der Waals surface area contributed by atoms with Crippen molar-refractivity contribution in [2.45, 2.75) is 68.5 Å². The van der Waals surface area contributed by atoms with E-state index in [0.29, 0.717) is 30.3 Å². The summed E-state index contributed by atoms with van der Waals surface area (Å²) < 4.78 is 29.8. The average molecular weight is 464 g/mol. The van der Waals surface area contributed by atoms with Gasteiger partial charge in [0.1, 0.15) is 5.82 Å². The number of thioether (sulfide) groups is 1. The first-order chi connectivity index (χ1) is 14.9. The van der Waals surface area contributed by atoms with Crippen molar-refractivity contribution in [1.82, 2.24) is 19.1 Å². The van der Waals surface area contributed by atoms with E-state index in [9.17, 15) is 13.2 Å². The molecule has 1 aliphatic carbocycles. The minimum absolute atomic E-state index is 0.185. The number of anilines is 1. The highest BCUT2D eigenvalue weighted by Gasteiger charge is 2.30. The second-order valence-corrected chi connectivity index (χ2v) is 11.0. The Bertz CT molecular complexity index is 1060. The van der Waals surface area contributed by atoms with Crippen LogP contribution in [0.25, 0.3) is 0 Å². The van der Waals surface area contributed by atoms with Gasteiger partial charge in [0.2, 0.25) is 15.9 Å². The Labute approximate surface area is 187 Å². The number of amides is 1. The molecule has 2 aromatic rings. The van der Waals surface area contributed by atoms with E-state index in [2.05, 4.69) is 27.0 Å². The van der Waals surface area contributed by atoms with Crippen LogP contribution < -0.4 is 5.32 Å². The van der Waals surface area contributed by atoms with Gasteiger partial charge in [0.15, 0.2) is 5.16 Å². The van der Waals surface area contributed by atoms with E-state index in [0.717, 1.165) is 49.6 Å². The Morgan fingerprint density at radius 3 is 2.61 bits per heavy atom. The number of sulfonamides is 1. The Balaban J connectivity index is 1.42. The molecular weight excluding hydrogens is 434 g/mol. The highest BCUT2D eigenvalue weighted by atomic mass is 32.2. The number of piperidine rings is 1. The Hall–Kier alpha value is -1.91. The summed E-state index contributed by atoms with van der Waals surface area (Å²) in [5.74, 6) is 1.50. The van der Waals surface area contributed by atoms with Gasteiger partial charge in [-0.05, 0) is 57.2 Å². The van der Waals surface area contributed by atoms with Crippen LogP contribution in [0.2, 0.25) is 0 Å². The van der Waals surface area contributed by atoms with Crippen LogP contribution in [-0.4, -0.2) is 52.2 Å². The number of nitrogens with one attached hydrogen (secondary N) is 1. The van der Waals surface area contributed by atoms with Gasteiger partial charge in [-0.2, -0.15) is 4.31 Å². The topological polar surface area (TPSA) is 97.2 Å². The molecule has 1 saturated carbocycles. The molecule has 1 N–H and O–H groups in total. The number of nitrogens with zero attached hydrogens (tertiary/aromatic N) is 4. The first-order valence-corrected chi connectivity index (χ1v) is 13.3. The first-order valence-electron chi connectivity index (χ1n) is 10.9. The van der Waals surface area contributed by atoms with Crippen molar-refractivity contribution in [3.8, 4) is 0 Å². The number of aryl methyl sites for hydroxylation is 1. The molecule has 2 heterocycles. The third-order valence-electron chi connectivity index (χ3n) is 5.74. The van der Waals surface area contributed by atoms with Gasteiger partial charge in [0.25, 0.3) is 0 Å². The van der Waals surface area contributed by atoms with E-state index >= 15 is 0 Å². The second-order valence-electron chi connectivity index (χ2n) is 8.14. The van der Waals surface area contributed by atoms with Gasteiger partial charge in [-0.3, -0.25) is 4.79 Å². The van der Waals surface area contributed by atoms with Crippen molar-refractivity contribution in [1.29, 1.82) is 0 Å². The van der Waals surface area contributed by atoms with Crippen LogP contribution in [0.4, 0.5) is 5.69 Å². The summed E-state index contributed by atoms with van der Waals surface area (Å²) in [6, 6.07) is 5.06. The molecule has 10 heteroatoms. The number of carbonyl (C=O) groups is 1. The maximum Gasteiger partial charge on any atom is 0.243 e. The van der Waals surface area contributed by atoms with E-state index in [1.54, 1.807) is 29.4 Å². The standard InChI is InChI=1S/C21H29N5O3S2/c1-3-26-20(16-8-9-16)23-24-21(26)30-14-19(27)22-17-10-7-15(2)18(13-17)31(28,29)25-11-5-4-6-12-25/h7,10,13,16H,3-6,8-9,11-12,14H2,1-2H3,(H,22,27). The van der Waals surface area contributed by atoms with Crippen molar-refractivity contribution >= 4 is 33.4 Å². The number of aromatic nitrogens is 3. The smallest absolute Gasteiger partial charge is 0.243 e. The Kier molecular flexibility index (Phi) is 6.68. The highest BCUT2D eigenvalue weighted by Crippen LogP contribution is 2.40. The van der Waals surface area contributed by atoms with Crippen molar-refractivity contribution in [3.63, 3.8) is 0 Å². The van der Waals surface area contributed by atoms with Crippen LogP contribution in [0.15, 0.2) is 28.3 Å². The molecule has 2 fully saturated rings. The minimum Gasteiger partial charge on any atom is -0.325 e. The summed E-state index contributed by atoms with van der Waals surface area (Å²) in [6.45, 7) is 5.72. The molecule has 1 aromatic heterocycles. The third-order valence-corrected chi connectivity index (χ3v) is 8.75. The molecule has 0 unspecified atom stereocenters. The van der Waals surface area contributed by atoms with Crippen LogP contribution in [0, 0.1) is 6.92 Å². The van der Waals surface area contributed by atoms with E-state index in [4.69, 9.17) is 0 Å². The first kappa shape index (κ1) is 22.3. The Morgan fingerprint density at radius 1 is 1.19 bits per heavy atom. The molecule has 1 amide bonds. The van der Waals surface area contributed by atoms with E-state index < -0.39 is 10.0 Å². The molecule has 0 radical (unpaired) electrons. The zero-order valence-electron chi connectivity index (χ0n) is 18.0. The number of carbonyl (C=O) groups excluding carboxylic acids is 1. The molecule has 8 nitrogen and oxygen atoms in total. The molecule has 2 aliphatic rings. The quantitative estimate of drug-likeness (QED) is 0.603. The summed E-state index contributed by atoms with van der Waals surface area (Å²) in [5, 5.41) is 12.1. The molecule has 1 aromatic carbocycles. The lowest BCUT2D eigenvalue weighted by molar-refractivity contribution is -0.113. The number of hydrogen-bond donors (Lipinski definition) is 1. The van der Waals surface area contributed by atoms with Crippen molar-refractivity contribution in [2.75, 3.05) is 24.2 Å². The lowest BCUT2D eigenvalue weighted by Crippen LogP contribution is -2.36. The predicted molar refractivity (Wildman–Crippen MR) is 121 cm³/mol. The van der Waals surface area contributed by atoms with Crippen LogP contribution >= 0.6 is 11.8 Å². The molecule has 0 atom stereocenters. The maximum atomic E-state index is 13.1. The summed E-state index contributed by atoms with van der Waals surface area (Å²) in [6.07, 6.45) is 5.14. The molecule has 4 rings (SSSR count). The number of rotatable bonds is 8. The minimum atomic E-state index is -3.56. The van der Waals surface area contributed by atoms with Crippen LogP contribution in [0.5, 0.6) is 0 Å². The van der Waals surface area contributed by atoms with Gasteiger partial charge >= 0.3 is 0 Å². The SMILES string of the molecule is CCn1c(SCC(=O)Nc2ccc(C)c(S(=O)(=O)N3CCCCC3)c2)nnc1C1CC1. The summed E-state index contributed by atoms with van der Waals surface area (Å²) >= 11 is 1.35. The lowest BCUT2D eigenvalue weighted by atomic mass is 10.2. The van der Waals surface area contributed by atoms with E-state index in [-0.39, 0.29) is 16.6 Å². The second kappa shape index (κ2) is 9.30. The molecule has 1 saturated heterocycles. The number of hydrogen-bond acceptors (Lipinski definition) is 6. The van der Waals surface area contributed by atoms with Gasteiger partial charge in [-0.1, -0.05) is 24.2 Å². The summed E-state index contributed by atoms with van der Waals surface area (Å²) in [4.78, 5) is 12.8. The molecule has 31 heavy (non-hydrogen) atoms. The van der Waals surface area contributed by atoms with E-state index in [1.807, 2.05) is 0 Å². The lowest BCUT2D eigenvalue weighted by Gasteiger charge is -2.26. The molecule has 168 valence electrons. The third kappa shape index (κ3) is 4.96. The van der Waals surface area contributed by atoms with Gasteiger partial charge < -0.3 is 9.88 Å². The Morgan fingerprint density at radius 2 is 1.94 bits per heavy atom. The fourth-order valence-corrected chi connectivity index (χ4v) is 6.45. The fraction of sp³-hybridized carbons (Fsp3) is 0.571. The van der Waals surface area contributed by atoms with Crippen LogP contribution in [0.1, 0.15) is 56.3 Å². The summed E-state index contributed by atoms with van der Waals surface area (Å²) in [7, 11) is -3.56. The average Bonchev–Trinajstić information content (AvgIpc) is 3.53. The zero-order valence-corrected chi connectivity index (χ0v) is 19.6. The summed E-state index contributed by atoms with van der Waals surface area (Å²) in [5.41, 5.74) is 1.17. The molecular formula is C21H29N5O3S2. The number of benzene rings is 1. The molecule has 1 aliphatic heterocycles. The van der Waals surface area contributed by atoms with Gasteiger partial charge in [0, 0.05) is 31.2 Å². The van der Waals surface area contributed by atoms with Gasteiger partial charge in [0.05, 0.1) is 10.6 Å². The highest BCUT2D eigenvalue weighted by molar-refractivity contribution is 7.99. The van der Waals surface area contributed by atoms with Crippen molar-refractivity contribution < 1.29 is 13.2 Å². The van der Waals surface area contributed by atoms with Gasteiger partial charge in [-0.15, -0.1) is 10.2 Å². The van der Waals surface area contributed by atoms with Gasteiger partial charge in [-0.25, -0.2) is 8.42 Å². The van der Waals surface area contributed by atoms with E-state index in [1.165, 1.54) is 11.8 Å². The van der Waals surface area contributed by atoms with Crippen molar-refractivity contribution in [2.24, 2.45) is 0 Å². The maximum absolute atomic E-state index is 13.1. The zero-order chi connectivity index (χ0) is 22.0. The monoisotopic (exact) mass is 463 g/mol. The van der Waals surface area contributed by atoms with Crippen LogP contribution in [0.3, 0.4) is 0 Å². The predicted octanol–water partition coefficient (Wildman–Crippen LogP) is 3.39.